The van der Waals surface area contributed by atoms with Crippen LogP contribution in [0, 0.1) is 5.41 Å². The molecular formula is C17H18F6. The molecule has 0 aliphatic carbocycles. The lowest BCUT2D eigenvalue weighted by Gasteiger charge is -2.39. The minimum atomic E-state index is -5.62. The molecule has 0 fully saturated rings. The van der Waals surface area contributed by atoms with Crippen LogP contribution in [0.25, 0.3) is 0 Å². The van der Waals surface area contributed by atoms with E-state index in [1.807, 2.05) is 0 Å². The molecule has 0 heterocycles. The fourth-order valence-corrected chi connectivity index (χ4v) is 2.21. The van der Waals surface area contributed by atoms with Gasteiger partial charge in [0, 0.05) is 0 Å². The van der Waals surface area contributed by atoms with Gasteiger partial charge in [-0.15, -0.1) is 0 Å². The van der Waals surface area contributed by atoms with Crippen LogP contribution in [-0.4, -0.2) is 12.4 Å². The Kier molecular flexibility index (Phi) is 7.34. The van der Waals surface area contributed by atoms with E-state index in [4.69, 9.17) is 0 Å². The van der Waals surface area contributed by atoms with Crippen LogP contribution in [0.2, 0.25) is 0 Å². The van der Waals surface area contributed by atoms with Crippen molar-refractivity contribution in [3.05, 3.63) is 72.9 Å². The zero-order chi connectivity index (χ0) is 18.3. The van der Waals surface area contributed by atoms with Crippen LogP contribution in [0.4, 0.5) is 26.3 Å². The Balaban J connectivity index is 7.18. The van der Waals surface area contributed by atoms with Crippen LogP contribution in [0.1, 0.15) is 13.8 Å². The van der Waals surface area contributed by atoms with Gasteiger partial charge in [-0.1, -0.05) is 61.8 Å². The summed E-state index contributed by atoms with van der Waals surface area (Å²) in [5.41, 5.74) is -6.12. The summed E-state index contributed by atoms with van der Waals surface area (Å²) in [5.74, 6) is 0. The molecule has 0 aromatic heterocycles. The summed E-state index contributed by atoms with van der Waals surface area (Å²) in [6.07, 6.45) is -4.24. The standard InChI is InChI=1S/C17H18F6/c1-5-9-13(10-6-2)15(16(18,19)20,17(21,22)23)14(11-7-3)12-8-4/h5-12H,1,3H2,2,4H3/b10-6-,12-8-,13-9+,14-11+. The number of hydrogen-bond donors (Lipinski definition) is 0. The molecule has 0 nitrogen and oxygen atoms in total. The van der Waals surface area contributed by atoms with Gasteiger partial charge in [-0.05, 0) is 25.0 Å². The van der Waals surface area contributed by atoms with Crippen LogP contribution in [0.5, 0.6) is 0 Å². The fourth-order valence-electron chi connectivity index (χ4n) is 2.21. The first-order chi connectivity index (χ1) is 10.5. The molecule has 0 aromatic rings. The molecule has 0 aliphatic rings. The Hall–Kier alpha value is -1.98. The molecule has 0 spiro atoms. The van der Waals surface area contributed by atoms with Crippen LogP contribution in [0.15, 0.2) is 72.9 Å². The van der Waals surface area contributed by atoms with Crippen molar-refractivity contribution in [2.24, 2.45) is 5.41 Å². The van der Waals surface area contributed by atoms with Crippen molar-refractivity contribution in [2.45, 2.75) is 26.2 Å². The number of rotatable bonds is 6. The van der Waals surface area contributed by atoms with Crippen LogP contribution >= 0.6 is 0 Å². The summed E-state index contributed by atoms with van der Waals surface area (Å²) in [6.45, 7) is 9.09. The molecule has 0 rings (SSSR count). The Bertz CT molecular complexity index is 488. The molecule has 0 unspecified atom stereocenters. The largest absolute Gasteiger partial charge is 0.411 e. The summed E-state index contributed by atoms with van der Waals surface area (Å²) in [7, 11) is 0. The van der Waals surface area contributed by atoms with Crippen molar-refractivity contribution in [1.29, 1.82) is 0 Å². The predicted octanol–water partition coefficient (Wildman–Crippen LogP) is 6.47. The van der Waals surface area contributed by atoms with Crippen molar-refractivity contribution < 1.29 is 26.3 Å². The highest BCUT2D eigenvalue weighted by Gasteiger charge is 2.73. The lowest BCUT2D eigenvalue weighted by atomic mass is 9.71. The summed E-state index contributed by atoms with van der Waals surface area (Å²) < 4.78 is 82.4. The number of allylic oxidation sites excluding steroid dienone is 10. The van der Waals surface area contributed by atoms with E-state index < -0.39 is 28.9 Å². The molecule has 0 saturated carbocycles. The topological polar surface area (TPSA) is 0 Å². The Morgan fingerprint density at radius 2 is 1.00 bits per heavy atom. The molecule has 0 saturated heterocycles. The number of hydrogen-bond acceptors (Lipinski definition) is 0. The molecule has 0 bridgehead atoms. The second-order valence-electron chi connectivity index (χ2n) is 4.46. The summed E-state index contributed by atoms with van der Waals surface area (Å²) in [5, 5.41) is 0. The Morgan fingerprint density at radius 1 is 0.696 bits per heavy atom. The van der Waals surface area contributed by atoms with E-state index in [0.29, 0.717) is 12.2 Å². The van der Waals surface area contributed by atoms with Crippen molar-refractivity contribution >= 4 is 0 Å². The highest BCUT2D eigenvalue weighted by molar-refractivity contribution is 5.47. The molecule has 0 amide bonds. The predicted molar refractivity (Wildman–Crippen MR) is 80.7 cm³/mol. The van der Waals surface area contributed by atoms with E-state index >= 15 is 0 Å². The quantitative estimate of drug-likeness (QED) is 0.385. The van der Waals surface area contributed by atoms with E-state index in [1.54, 1.807) is 0 Å². The molecule has 23 heavy (non-hydrogen) atoms. The summed E-state index contributed by atoms with van der Waals surface area (Å²) >= 11 is 0. The molecule has 0 aliphatic heterocycles. The maximum atomic E-state index is 13.7. The Labute approximate surface area is 131 Å². The van der Waals surface area contributed by atoms with Gasteiger partial charge < -0.3 is 0 Å². The van der Waals surface area contributed by atoms with E-state index in [2.05, 4.69) is 13.2 Å². The molecule has 0 atom stereocenters. The van der Waals surface area contributed by atoms with Gasteiger partial charge in [-0.3, -0.25) is 0 Å². The molecular weight excluding hydrogens is 318 g/mol. The second kappa shape index (κ2) is 8.04. The van der Waals surface area contributed by atoms with Gasteiger partial charge in [-0.2, -0.15) is 26.3 Å². The zero-order valence-electron chi connectivity index (χ0n) is 12.8. The maximum absolute atomic E-state index is 13.7. The van der Waals surface area contributed by atoms with Crippen molar-refractivity contribution in [3.63, 3.8) is 0 Å². The van der Waals surface area contributed by atoms with Crippen LogP contribution in [-0.2, 0) is 0 Å². The normalized spacial score (nSPS) is 15.5. The summed E-state index contributed by atoms with van der Waals surface area (Å²) in [4.78, 5) is 0. The first-order valence-corrected chi connectivity index (χ1v) is 6.59. The average molecular weight is 336 g/mol. The third kappa shape index (κ3) is 4.06. The van der Waals surface area contributed by atoms with E-state index in [1.165, 1.54) is 13.8 Å². The second-order valence-corrected chi connectivity index (χ2v) is 4.46. The maximum Gasteiger partial charge on any atom is 0.411 e. The van der Waals surface area contributed by atoms with Crippen molar-refractivity contribution in [3.8, 4) is 0 Å². The monoisotopic (exact) mass is 336 g/mol. The van der Waals surface area contributed by atoms with Crippen LogP contribution < -0.4 is 0 Å². The van der Waals surface area contributed by atoms with Crippen LogP contribution in [0.3, 0.4) is 0 Å². The minimum absolute atomic E-state index is 0.710. The van der Waals surface area contributed by atoms with E-state index in [9.17, 15) is 26.3 Å². The van der Waals surface area contributed by atoms with Gasteiger partial charge in [0.2, 0.25) is 5.41 Å². The first-order valence-electron chi connectivity index (χ1n) is 6.59. The summed E-state index contributed by atoms with van der Waals surface area (Å²) in [6, 6.07) is 0. The minimum Gasteiger partial charge on any atom is -0.169 e. The van der Waals surface area contributed by atoms with Gasteiger partial charge in [0.1, 0.15) is 0 Å². The lowest BCUT2D eigenvalue weighted by molar-refractivity contribution is -0.308. The molecule has 6 heteroatoms. The Morgan fingerprint density at radius 3 is 1.17 bits per heavy atom. The highest BCUT2D eigenvalue weighted by atomic mass is 19.4. The highest BCUT2D eigenvalue weighted by Crippen LogP contribution is 2.60. The molecule has 128 valence electrons. The number of halogens is 6. The van der Waals surface area contributed by atoms with E-state index in [0.717, 1.165) is 36.5 Å². The van der Waals surface area contributed by atoms with Gasteiger partial charge in [0.05, 0.1) is 0 Å². The van der Waals surface area contributed by atoms with Crippen molar-refractivity contribution in [2.75, 3.05) is 0 Å². The van der Waals surface area contributed by atoms with Gasteiger partial charge in [0.15, 0.2) is 0 Å². The van der Waals surface area contributed by atoms with Crippen molar-refractivity contribution in [1.82, 2.24) is 0 Å². The first kappa shape index (κ1) is 21.0. The van der Waals surface area contributed by atoms with Gasteiger partial charge in [0.25, 0.3) is 0 Å². The molecule has 0 aromatic carbocycles. The SMILES string of the molecule is C=C/C=C(\C=C/C)C(C(/C=C\C)=C/C=C)(C(F)(F)F)C(F)(F)F. The van der Waals surface area contributed by atoms with Gasteiger partial charge in [-0.25, -0.2) is 0 Å². The average Bonchev–Trinajstić information content (AvgIpc) is 2.37. The third-order valence-corrected chi connectivity index (χ3v) is 3.00. The number of alkyl halides is 6. The smallest absolute Gasteiger partial charge is 0.169 e. The molecule has 0 N–H and O–H groups in total. The van der Waals surface area contributed by atoms with Gasteiger partial charge >= 0.3 is 12.4 Å². The lowest BCUT2D eigenvalue weighted by Crippen LogP contribution is -2.52. The van der Waals surface area contributed by atoms with E-state index in [-0.39, 0.29) is 0 Å². The third-order valence-electron chi connectivity index (χ3n) is 3.00. The fraction of sp³-hybridized carbons (Fsp3) is 0.294. The zero-order valence-corrected chi connectivity index (χ0v) is 12.8. The molecule has 0 radical (unpaired) electrons.